The predicted octanol–water partition coefficient (Wildman–Crippen LogP) is 4.15. The van der Waals surface area contributed by atoms with Gasteiger partial charge in [-0.2, -0.15) is 11.3 Å². The molecular weight excluding hydrogens is 329 g/mol. The van der Waals surface area contributed by atoms with Crippen molar-refractivity contribution in [2.75, 3.05) is 13.2 Å². The minimum atomic E-state index is -0.640. The van der Waals surface area contributed by atoms with Crippen molar-refractivity contribution in [1.29, 1.82) is 0 Å². The van der Waals surface area contributed by atoms with Crippen LogP contribution < -0.4 is 10.1 Å². The molecule has 0 aliphatic carbocycles. The maximum Gasteiger partial charge on any atom is 0.156 e. The highest BCUT2D eigenvalue weighted by molar-refractivity contribution is 7.07. The molecule has 0 aliphatic rings. The fourth-order valence-corrected chi connectivity index (χ4v) is 3.07. The van der Waals surface area contributed by atoms with Gasteiger partial charge in [0.2, 0.25) is 0 Å². The van der Waals surface area contributed by atoms with Crippen LogP contribution in [-0.2, 0) is 0 Å². The van der Waals surface area contributed by atoms with Gasteiger partial charge in [0.1, 0.15) is 12.7 Å². The predicted molar refractivity (Wildman–Crippen MR) is 88.7 cm³/mol. The van der Waals surface area contributed by atoms with E-state index in [1.165, 1.54) is 5.56 Å². The Labute approximate surface area is 138 Å². The molecule has 2 unspecified atom stereocenters. The van der Waals surface area contributed by atoms with E-state index in [0.29, 0.717) is 22.3 Å². The molecule has 0 spiro atoms. The molecule has 0 saturated carbocycles. The summed E-state index contributed by atoms with van der Waals surface area (Å²) < 4.78 is 5.50. The molecule has 3 nitrogen and oxygen atoms in total. The van der Waals surface area contributed by atoms with Crippen molar-refractivity contribution in [2.24, 2.45) is 0 Å². The smallest absolute Gasteiger partial charge is 0.156 e. The van der Waals surface area contributed by atoms with Crippen LogP contribution >= 0.6 is 34.5 Å². The molecule has 21 heavy (non-hydrogen) atoms. The largest absolute Gasteiger partial charge is 0.488 e. The number of hydrogen-bond acceptors (Lipinski definition) is 4. The van der Waals surface area contributed by atoms with Crippen molar-refractivity contribution in [3.63, 3.8) is 0 Å². The van der Waals surface area contributed by atoms with Gasteiger partial charge in [-0.3, -0.25) is 0 Å². The summed E-state index contributed by atoms with van der Waals surface area (Å²) in [6, 6.07) is 7.40. The second-order valence-corrected chi connectivity index (χ2v) is 6.30. The van der Waals surface area contributed by atoms with Crippen molar-refractivity contribution >= 4 is 34.5 Å². The first-order valence-electron chi connectivity index (χ1n) is 6.58. The van der Waals surface area contributed by atoms with Gasteiger partial charge in [0, 0.05) is 12.6 Å². The SMILES string of the molecule is CC(NCC(O)COc1c(Cl)cccc1Cl)c1ccsc1. The molecular formula is C15H17Cl2NO2S. The normalized spacial score (nSPS) is 13.9. The number of halogens is 2. The monoisotopic (exact) mass is 345 g/mol. The zero-order chi connectivity index (χ0) is 15.2. The Kier molecular flexibility index (Phi) is 6.33. The molecule has 1 aromatic carbocycles. The third kappa shape index (κ3) is 4.87. The quantitative estimate of drug-likeness (QED) is 0.792. The summed E-state index contributed by atoms with van der Waals surface area (Å²) in [6.45, 7) is 2.62. The van der Waals surface area contributed by atoms with E-state index in [2.05, 4.69) is 23.7 Å². The van der Waals surface area contributed by atoms with Crippen LogP contribution in [0.5, 0.6) is 5.75 Å². The Morgan fingerprint density at radius 3 is 2.62 bits per heavy atom. The average Bonchev–Trinajstić information content (AvgIpc) is 2.98. The first kappa shape index (κ1) is 16.6. The van der Waals surface area contributed by atoms with E-state index in [1.54, 1.807) is 29.5 Å². The lowest BCUT2D eigenvalue weighted by Gasteiger charge is -2.17. The Hall–Kier alpha value is -0.780. The topological polar surface area (TPSA) is 41.5 Å². The Bertz CT molecular complexity index is 543. The summed E-state index contributed by atoms with van der Waals surface area (Å²) in [5.74, 6) is 0.408. The van der Waals surface area contributed by atoms with Gasteiger partial charge in [-0.25, -0.2) is 0 Å². The lowest BCUT2D eigenvalue weighted by atomic mass is 10.2. The molecule has 2 atom stereocenters. The summed E-state index contributed by atoms with van der Waals surface area (Å²) in [5, 5.41) is 18.2. The maximum absolute atomic E-state index is 9.97. The van der Waals surface area contributed by atoms with E-state index >= 15 is 0 Å². The molecule has 2 aromatic rings. The number of rotatable bonds is 7. The molecule has 114 valence electrons. The van der Waals surface area contributed by atoms with E-state index < -0.39 is 6.10 Å². The summed E-state index contributed by atoms with van der Waals surface area (Å²) in [6.07, 6.45) is -0.640. The summed E-state index contributed by atoms with van der Waals surface area (Å²) >= 11 is 13.7. The number of nitrogens with one attached hydrogen (secondary N) is 1. The number of hydrogen-bond donors (Lipinski definition) is 2. The summed E-state index contributed by atoms with van der Waals surface area (Å²) in [7, 11) is 0. The van der Waals surface area contributed by atoms with Gasteiger partial charge in [0.05, 0.1) is 10.0 Å². The third-order valence-electron chi connectivity index (χ3n) is 3.04. The van der Waals surface area contributed by atoms with E-state index in [4.69, 9.17) is 27.9 Å². The average molecular weight is 346 g/mol. The molecule has 2 rings (SSSR count). The number of benzene rings is 1. The molecule has 0 saturated heterocycles. The highest BCUT2D eigenvalue weighted by Crippen LogP contribution is 2.32. The lowest BCUT2D eigenvalue weighted by molar-refractivity contribution is 0.104. The fourth-order valence-electron chi connectivity index (χ4n) is 1.81. The second kappa shape index (κ2) is 8.01. The number of aliphatic hydroxyl groups excluding tert-OH is 1. The molecule has 0 amide bonds. The Balaban J connectivity index is 1.78. The van der Waals surface area contributed by atoms with Crippen LogP contribution in [-0.4, -0.2) is 24.4 Å². The fraction of sp³-hybridized carbons (Fsp3) is 0.333. The molecule has 6 heteroatoms. The van der Waals surface area contributed by atoms with Gasteiger partial charge in [-0.05, 0) is 41.4 Å². The van der Waals surface area contributed by atoms with Crippen molar-refractivity contribution in [3.05, 3.63) is 50.6 Å². The lowest BCUT2D eigenvalue weighted by Crippen LogP contribution is -2.33. The maximum atomic E-state index is 9.97. The highest BCUT2D eigenvalue weighted by Gasteiger charge is 2.12. The first-order valence-corrected chi connectivity index (χ1v) is 8.28. The van der Waals surface area contributed by atoms with Crippen LogP contribution in [0.2, 0.25) is 10.0 Å². The van der Waals surface area contributed by atoms with Crippen LogP contribution in [0.3, 0.4) is 0 Å². The van der Waals surface area contributed by atoms with E-state index in [9.17, 15) is 5.11 Å². The molecule has 0 aliphatic heterocycles. The number of aliphatic hydroxyl groups is 1. The highest BCUT2D eigenvalue weighted by atomic mass is 35.5. The van der Waals surface area contributed by atoms with Crippen molar-refractivity contribution in [1.82, 2.24) is 5.32 Å². The minimum Gasteiger partial charge on any atom is -0.488 e. The Morgan fingerprint density at radius 1 is 1.29 bits per heavy atom. The van der Waals surface area contributed by atoms with Crippen LogP contribution in [0, 0.1) is 0 Å². The molecule has 1 aromatic heterocycles. The molecule has 0 fully saturated rings. The van der Waals surface area contributed by atoms with Crippen molar-refractivity contribution in [3.8, 4) is 5.75 Å². The van der Waals surface area contributed by atoms with E-state index in [0.717, 1.165) is 0 Å². The molecule has 0 bridgehead atoms. The zero-order valence-corrected chi connectivity index (χ0v) is 13.9. The van der Waals surface area contributed by atoms with Crippen LogP contribution in [0.15, 0.2) is 35.0 Å². The summed E-state index contributed by atoms with van der Waals surface area (Å²) in [5.41, 5.74) is 1.21. The third-order valence-corrected chi connectivity index (χ3v) is 4.34. The van der Waals surface area contributed by atoms with Gasteiger partial charge in [0.15, 0.2) is 5.75 Å². The number of para-hydroxylation sites is 1. The van der Waals surface area contributed by atoms with Gasteiger partial charge in [0.25, 0.3) is 0 Å². The Morgan fingerprint density at radius 2 is 2.00 bits per heavy atom. The number of ether oxygens (including phenoxy) is 1. The van der Waals surface area contributed by atoms with Gasteiger partial charge in [-0.1, -0.05) is 29.3 Å². The van der Waals surface area contributed by atoms with E-state index in [-0.39, 0.29) is 12.6 Å². The van der Waals surface area contributed by atoms with Crippen LogP contribution in [0.4, 0.5) is 0 Å². The van der Waals surface area contributed by atoms with Crippen molar-refractivity contribution < 1.29 is 9.84 Å². The van der Waals surface area contributed by atoms with Crippen LogP contribution in [0.25, 0.3) is 0 Å². The second-order valence-electron chi connectivity index (χ2n) is 4.70. The molecule has 1 heterocycles. The standard InChI is InChI=1S/C15H17Cl2NO2S/c1-10(11-5-6-21-9-11)18-7-12(19)8-20-15-13(16)3-2-4-14(15)17/h2-6,9-10,12,18-19H,7-8H2,1H3. The number of thiophene rings is 1. The van der Waals surface area contributed by atoms with Gasteiger partial charge in [-0.15, -0.1) is 0 Å². The van der Waals surface area contributed by atoms with E-state index in [1.807, 2.05) is 5.38 Å². The minimum absolute atomic E-state index is 0.132. The van der Waals surface area contributed by atoms with Gasteiger partial charge >= 0.3 is 0 Å². The van der Waals surface area contributed by atoms with Gasteiger partial charge < -0.3 is 15.2 Å². The zero-order valence-electron chi connectivity index (χ0n) is 11.6. The molecule has 0 radical (unpaired) electrons. The molecule has 2 N–H and O–H groups in total. The first-order chi connectivity index (χ1) is 10.1. The van der Waals surface area contributed by atoms with Crippen molar-refractivity contribution in [2.45, 2.75) is 19.1 Å². The van der Waals surface area contributed by atoms with Crippen LogP contribution in [0.1, 0.15) is 18.5 Å². The summed E-state index contributed by atoms with van der Waals surface area (Å²) in [4.78, 5) is 0.